The molecule has 0 aromatic heterocycles. The van der Waals surface area contributed by atoms with E-state index < -0.39 is 29.8 Å². The predicted molar refractivity (Wildman–Crippen MR) is 99.0 cm³/mol. The molecule has 28 heavy (non-hydrogen) atoms. The molecule has 1 aliphatic carbocycles. The molecule has 8 nitrogen and oxygen atoms in total. The maximum atomic E-state index is 12.5. The molecular formula is C20H28O8. The van der Waals surface area contributed by atoms with Gasteiger partial charge in [0, 0.05) is 16.7 Å². The Morgan fingerprint density at radius 1 is 0.750 bits per heavy atom. The van der Waals surface area contributed by atoms with Crippen molar-refractivity contribution in [1.29, 1.82) is 0 Å². The van der Waals surface area contributed by atoms with Gasteiger partial charge in [0.1, 0.15) is 0 Å². The normalized spacial score (nSPS) is 22.5. The van der Waals surface area contributed by atoms with Crippen LogP contribution in [0.4, 0.5) is 0 Å². The highest BCUT2D eigenvalue weighted by Gasteiger charge is 2.35. The number of methoxy groups -OCH3 is 4. The zero-order chi connectivity index (χ0) is 21.3. The second-order valence-corrected chi connectivity index (χ2v) is 6.36. The highest BCUT2D eigenvalue weighted by atomic mass is 16.5. The second kappa shape index (κ2) is 11.3. The highest BCUT2D eigenvalue weighted by molar-refractivity contribution is 6.03. The van der Waals surface area contributed by atoms with E-state index in [9.17, 15) is 19.2 Å². The molecule has 0 fully saturated rings. The molecule has 0 N–H and O–H groups in total. The van der Waals surface area contributed by atoms with E-state index in [2.05, 4.69) is 0 Å². The Labute approximate surface area is 164 Å². The molecule has 0 radical (unpaired) electrons. The summed E-state index contributed by atoms with van der Waals surface area (Å²) in [6.45, 7) is 1.99. The van der Waals surface area contributed by atoms with Crippen LogP contribution in [-0.4, -0.2) is 52.3 Å². The molecule has 8 heteroatoms. The second-order valence-electron chi connectivity index (χ2n) is 6.36. The van der Waals surface area contributed by atoms with E-state index in [4.69, 9.17) is 18.9 Å². The van der Waals surface area contributed by atoms with E-state index >= 15 is 0 Å². The van der Waals surface area contributed by atoms with Gasteiger partial charge in [0.15, 0.2) is 0 Å². The summed E-state index contributed by atoms with van der Waals surface area (Å²) in [4.78, 5) is 49.6. The Morgan fingerprint density at radius 2 is 1.21 bits per heavy atom. The lowest BCUT2D eigenvalue weighted by Crippen LogP contribution is -2.26. The van der Waals surface area contributed by atoms with Gasteiger partial charge < -0.3 is 18.9 Å². The van der Waals surface area contributed by atoms with E-state index in [1.165, 1.54) is 28.4 Å². The molecule has 0 saturated heterocycles. The zero-order valence-corrected chi connectivity index (χ0v) is 17.1. The van der Waals surface area contributed by atoms with Gasteiger partial charge in [0.05, 0.1) is 34.0 Å². The zero-order valence-electron chi connectivity index (χ0n) is 17.1. The molecular weight excluding hydrogens is 368 g/mol. The number of hydrogen-bond donors (Lipinski definition) is 0. The Hall–Kier alpha value is -2.64. The van der Waals surface area contributed by atoms with Crippen LogP contribution in [0.3, 0.4) is 0 Å². The van der Waals surface area contributed by atoms with Gasteiger partial charge in [-0.05, 0) is 31.6 Å². The standard InChI is InChI=1S/C20H28O8/c1-6-7-8-12-11-15(19(23)27-4)13(17(21)25-2)9-10-14(18(22)26-3)16(12)20(24)28-5/h12H,6-11H2,1-5H3/b15-13-,16-14-. The SMILES string of the molecule is CCCCC1C/C(C(=O)OC)=C(/C(=O)OC)CC/C(C(=O)OC)=C\1C(=O)OC. The molecule has 1 unspecified atom stereocenters. The summed E-state index contributed by atoms with van der Waals surface area (Å²) in [6, 6.07) is 0. The van der Waals surface area contributed by atoms with Gasteiger partial charge in [0.25, 0.3) is 0 Å². The van der Waals surface area contributed by atoms with Crippen LogP contribution >= 0.6 is 0 Å². The molecule has 0 heterocycles. The topological polar surface area (TPSA) is 105 Å². The summed E-state index contributed by atoms with van der Waals surface area (Å²) in [5.74, 6) is -3.14. The quantitative estimate of drug-likeness (QED) is 0.477. The van der Waals surface area contributed by atoms with Crippen molar-refractivity contribution in [3.05, 3.63) is 22.3 Å². The molecule has 156 valence electrons. The summed E-state index contributed by atoms with van der Waals surface area (Å²) >= 11 is 0. The van der Waals surface area contributed by atoms with Crippen LogP contribution in [0.25, 0.3) is 0 Å². The summed E-state index contributed by atoms with van der Waals surface area (Å²) in [6.07, 6.45) is 2.24. The summed E-state index contributed by atoms with van der Waals surface area (Å²) < 4.78 is 19.4. The predicted octanol–water partition coefficient (Wildman–Crippen LogP) is 2.26. The first kappa shape index (κ1) is 23.4. The van der Waals surface area contributed by atoms with Crippen LogP contribution in [0, 0.1) is 5.92 Å². The fourth-order valence-electron chi connectivity index (χ4n) is 3.36. The average molecular weight is 396 g/mol. The van der Waals surface area contributed by atoms with Gasteiger partial charge >= 0.3 is 23.9 Å². The minimum Gasteiger partial charge on any atom is -0.466 e. The Bertz CT molecular complexity index is 686. The molecule has 1 atom stereocenters. The number of carbonyl (C=O) groups excluding carboxylic acids is 4. The molecule has 0 spiro atoms. The molecule has 1 aliphatic rings. The van der Waals surface area contributed by atoms with Gasteiger partial charge in [-0.25, -0.2) is 19.2 Å². The third-order valence-electron chi connectivity index (χ3n) is 4.78. The van der Waals surface area contributed by atoms with Crippen LogP contribution in [0.15, 0.2) is 22.3 Å². The van der Waals surface area contributed by atoms with Gasteiger partial charge in [0.2, 0.25) is 0 Å². The molecule has 0 bridgehead atoms. The third kappa shape index (κ3) is 5.43. The summed E-state index contributed by atoms with van der Waals surface area (Å²) in [7, 11) is 4.90. The van der Waals surface area contributed by atoms with Crippen molar-refractivity contribution in [3.63, 3.8) is 0 Å². The number of carbonyl (C=O) groups is 4. The van der Waals surface area contributed by atoms with Crippen molar-refractivity contribution in [2.24, 2.45) is 5.92 Å². The largest absolute Gasteiger partial charge is 0.466 e. The van der Waals surface area contributed by atoms with E-state index in [-0.39, 0.29) is 41.6 Å². The molecule has 0 aliphatic heterocycles. The van der Waals surface area contributed by atoms with Gasteiger partial charge in [-0.2, -0.15) is 0 Å². The fraction of sp³-hybridized carbons (Fsp3) is 0.600. The lowest BCUT2D eigenvalue weighted by molar-refractivity contribution is -0.141. The number of ether oxygens (including phenoxy) is 4. The number of esters is 4. The van der Waals surface area contributed by atoms with Crippen molar-refractivity contribution >= 4 is 23.9 Å². The summed E-state index contributed by atoms with van der Waals surface area (Å²) in [5.41, 5.74) is 0.635. The lowest BCUT2D eigenvalue weighted by Gasteiger charge is -2.26. The van der Waals surface area contributed by atoms with Crippen molar-refractivity contribution in [2.75, 3.05) is 28.4 Å². The van der Waals surface area contributed by atoms with Crippen LogP contribution < -0.4 is 0 Å². The van der Waals surface area contributed by atoms with Gasteiger partial charge in [-0.15, -0.1) is 0 Å². The minimum atomic E-state index is -0.666. The Kier molecular flexibility index (Phi) is 9.41. The molecule has 1 rings (SSSR count). The van der Waals surface area contributed by atoms with Crippen molar-refractivity contribution < 1.29 is 38.1 Å². The highest BCUT2D eigenvalue weighted by Crippen LogP contribution is 2.36. The number of unbranched alkanes of at least 4 members (excludes halogenated alkanes) is 1. The number of hydrogen-bond acceptors (Lipinski definition) is 8. The average Bonchev–Trinajstić information content (AvgIpc) is 2.71. The first-order chi connectivity index (χ1) is 13.4. The van der Waals surface area contributed by atoms with E-state index in [0.29, 0.717) is 6.42 Å². The Morgan fingerprint density at radius 3 is 1.71 bits per heavy atom. The van der Waals surface area contributed by atoms with Crippen molar-refractivity contribution in [3.8, 4) is 0 Å². The maximum Gasteiger partial charge on any atom is 0.334 e. The van der Waals surface area contributed by atoms with Crippen molar-refractivity contribution in [2.45, 2.75) is 45.4 Å². The Balaban J connectivity index is 3.63. The minimum absolute atomic E-state index is 0.0303. The number of rotatable bonds is 7. The first-order valence-electron chi connectivity index (χ1n) is 9.14. The van der Waals surface area contributed by atoms with E-state index in [1.807, 2.05) is 6.92 Å². The maximum absolute atomic E-state index is 12.5. The lowest BCUT2D eigenvalue weighted by atomic mass is 9.79. The van der Waals surface area contributed by atoms with Crippen LogP contribution in [0.1, 0.15) is 45.4 Å². The molecule has 0 amide bonds. The van der Waals surface area contributed by atoms with E-state index in [1.54, 1.807) is 0 Å². The molecule has 0 saturated carbocycles. The van der Waals surface area contributed by atoms with Crippen molar-refractivity contribution in [1.82, 2.24) is 0 Å². The third-order valence-corrected chi connectivity index (χ3v) is 4.78. The summed E-state index contributed by atoms with van der Waals surface area (Å²) in [5, 5.41) is 0. The van der Waals surface area contributed by atoms with Gasteiger partial charge in [-0.1, -0.05) is 19.8 Å². The monoisotopic (exact) mass is 396 g/mol. The van der Waals surface area contributed by atoms with Crippen LogP contribution in [-0.2, 0) is 38.1 Å². The first-order valence-corrected chi connectivity index (χ1v) is 9.14. The van der Waals surface area contributed by atoms with Crippen LogP contribution in [0.5, 0.6) is 0 Å². The van der Waals surface area contributed by atoms with Crippen LogP contribution in [0.2, 0.25) is 0 Å². The van der Waals surface area contributed by atoms with Gasteiger partial charge in [-0.3, -0.25) is 0 Å². The smallest absolute Gasteiger partial charge is 0.334 e. The molecule has 0 aromatic rings. The fourth-order valence-corrected chi connectivity index (χ4v) is 3.36. The molecule has 0 aromatic carbocycles. The van der Waals surface area contributed by atoms with E-state index in [0.717, 1.165) is 12.8 Å².